The molecule has 0 atom stereocenters. The topological polar surface area (TPSA) is 37.3 Å². The van der Waals surface area contributed by atoms with Crippen LogP contribution < -0.4 is 0 Å². The van der Waals surface area contributed by atoms with Crippen LogP contribution in [0.2, 0.25) is 0 Å². The molecule has 0 bridgehead atoms. The van der Waals surface area contributed by atoms with E-state index in [2.05, 4.69) is 6.07 Å². The number of hydrogen-bond acceptors (Lipinski definition) is 1. The Morgan fingerprint density at radius 1 is 1.19 bits per heavy atom. The van der Waals surface area contributed by atoms with Gasteiger partial charge >= 0.3 is 5.97 Å². The van der Waals surface area contributed by atoms with Crippen molar-refractivity contribution in [1.82, 2.24) is 0 Å². The molecule has 0 aliphatic rings. The molecule has 1 N–H and O–H groups in total. The number of hydrogen-bond donors (Lipinski definition) is 1. The third-order valence-electron chi connectivity index (χ3n) is 2.22. The molecule has 1 radical (unpaired) electrons. The van der Waals surface area contributed by atoms with Gasteiger partial charge in [-0.3, -0.25) is 0 Å². The summed E-state index contributed by atoms with van der Waals surface area (Å²) < 4.78 is 13.6. The highest BCUT2D eigenvalue weighted by molar-refractivity contribution is 5.95. The highest BCUT2D eigenvalue weighted by Crippen LogP contribution is 2.26. The van der Waals surface area contributed by atoms with E-state index in [1.54, 1.807) is 30.3 Å². The first kappa shape index (κ1) is 10.4. The molecule has 0 aromatic heterocycles. The summed E-state index contributed by atoms with van der Waals surface area (Å²) in [6.07, 6.45) is 0. The average molecular weight is 215 g/mol. The van der Waals surface area contributed by atoms with Gasteiger partial charge in [-0.1, -0.05) is 36.4 Å². The number of carboxylic acids is 1. The number of halogens is 1. The van der Waals surface area contributed by atoms with E-state index in [1.807, 2.05) is 0 Å². The Bertz CT molecular complexity index is 521. The van der Waals surface area contributed by atoms with Crippen molar-refractivity contribution in [2.45, 2.75) is 0 Å². The molecule has 3 heteroatoms. The second-order valence-electron chi connectivity index (χ2n) is 3.25. The van der Waals surface area contributed by atoms with E-state index < -0.39 is 11.8 Å². The van der Waals surface area contributed by atoms with Crippen LogP contribution in [0.3, 0.4) is 0 Å². The monoisotopic (exact) mass is 215 g/mol. The Balaban J connectivity index is 2.68. The second-order valence-corrected chi connectivity index (χ2v) is 3.25. The van der Waals surface area contributed by atoms with E-state index in [1.165, 1.54) is 12.1 Å². The zero-order chi connectivity index (χ0) is 11.5. The zero-order valence-electron chi connectivity index (χ0n) is 8.27. The van der Waals surface area contributed by atoms with Gasteiger partial charge in [-0.25, -0.2) is 9.18 Å². The molecular weight excluding hydrogens is 207 g/mol. The Morgan fingerprint density at radius 3 is 2.50 bits per heavy atom. The molecule has 0 heterocycles. The SMILES string of the molecule is O=C(O)c1[c]ccc(F)c1-c1ccccc1. The third-order valence-corrected chi connectivity index (χ3v) is 2.22. The van der Waals surface area contributed by atoms with Crippen LogP contribution in [-0.2, 0) is 0 Å². The summed E-state index contributed by atoms with van der Waals surface area (Å²) >= 11 is 0. The predicted molar refractivity (Wildman–Crippen MR) is 57.6 cm³/mol. The summed E-state index contributed by atoms with van der Waals surface area (Å²) in [5.41, 5.74) is 0.469. The van der Waals surface area contributed by atoms with Gasteiger partial charge in [0, 0.05) is 5.56 Å². The first-order valence-corrected chi connectivity index (χ1v) is 4.69. The van der Waals surface area contributed by atoms with Gasteiger partial charge in [-0.2, -0.15) is 0 Å². The molecule has 2 aromatic carbocycles. The fraction of sp³-hybridized carbons (Fsp3) is 0. The lowest BCUT2D eigenvalue weighted by Gasteiger charge is -2.06. The van der Waals surface area contributed by atoms with Crippen LogP contribution >= 0.6 is 0 Å². The number of carbonyl (C=O) groups is 1. The van der Waals surface area contributed by atoms with Gasteiger partial charge in [-0.05, 0) is 17.7 Å². The summed E-state index contributed by atoms with van der Waals surface area (Å²) in [5, 5.41) is 8.95. The first-order chi connectivity index (χ1) is 7.70. The molecular formula is C13H8FO2. The van der Waals surface area contributed by atoms with Crippen molar-refractivity contribution >= 4 is 5.97 Å². The summed E-state index contributed by atoms with van der Waals surface area (Å²) in [5.74, 6) is -1.74. The summed E-state index contributed by atoms with van der Waals surface area (Å²) in [7, 11) is 0. The molecule has 0 saturated heterocycles. The van der Waals surface area contributed by atoms with E-state index in [0.29, 0.717) is 5.56 Å². The fourth-order valence-corrected chi connectivity index (χ4v) is 1.53. The average Bonchev–Trinajstić information content (AvgIpc) is 2.29. The molecule has 16 heavy (non-hydrogen) atoms. The van der Waals surface area contributed by atoms with E-state index in [9.17, 15) is 9.18 Å². The highest BCUT2D eigenvalue weighted by atomic mass is 19.1. The van der Waals surface area contributed by atoms with Crippen LogP contribution in [0, 0.1) is 11.9 Å². The van der Waals surface area contributed by atoms with E-state index in [-0.39, 0.29) is 11.1 Å². The minimum absolute atomic E-state index is 0.0793. The minimum Gasteiger partial charge on any atom is -0.478 e. The molecule has 0 saturated carbocycles. The smallest absolute Gasteiger partial charge is 0.337 e. The van der Waals surface area contributed by atoms with Gasteiger partial charge in [0.05, 0.1) is 5.56 Å². The maximum Gasteiger partial charge on any atom is 0.337 e. The number of benzene rings is 2. The van der Waals surface area contributed by atoms with Crippen molar-refractivity contribution in [1.29, 1.82) is 0 Å². The van der Waals surface area contributed by atoms with Gasteiger partial charge in [0.2, 0.25) is 0 Å². The van der Waals surface area contributed by atoms with Gasteiger partial charge in [0.1, 0.15) is 5.82 Å². The molecule has 0 aliphatic heterocycles. The largest absolute Gasteiger partial charge is 0.478 e. The van der Waals surface area contributed by atoms with Crippen molar-refractivity contribution in [2.24, 2.45) is 0 Å². The molecule has 0 aliphatic carbocycles. The Morgan fingerprint density at radius 2 is 1.88 bits per heavy atom. The van der Waals surface area contributed by atoms with Crippen LogP contribution in [0.15, 0.2) is 42.5 Å². The lowest BCUT2D eigenvalue weighted by atomic mass is 9.99. The van der Waals surface area contributed by atoms with E-state index in [0.717, 1.165) is 0 Å². The number of rotatable bonds is 2. The van der Waals surface area contributed by atoms with Gasteiger partial charge in [0.25, 0.3) is 0 Å². The number of carboxylic acid groups (broad SMARTS) is 1. The third kappa shape index (κ3) is 1.80. The normalized spacial score (nSPS) is 10.1. The Hall–Kier alpha value is -2.16. The zero-order valence-corrected chi connectivity index (χ0v) is 8.27. The van der Waals surface area contributed by atoms with Gasteiger partial charge in [-0.15, -0.1) is 0 Å². The molecule has 2 aromatic rings. The predicted octanol–water partition coefficient (Wildman–Crippen LogP) is 2.99. The summed E-state index contributed by atoms with van der Waals surface area (Å²) in [6, 6.07) is 13.6. The lowest BCUT2D eigenvalue weighted by molar-refractivity contribution is 0.0697. The lowest BCUT2D eigenvalue weighted by Crippen LogP contribution is -2.01. The van der Waals surface area contributed by atoms with Crippen molar-refractivity contribution in [2.75, 3.05) is 0 Å². The van der Waals surface area contributed by atoms with E-state index in [4.69, 9.17) is 5.11 Å². The molecule has 2 nitrogen and oxygen atoms in total. The summed E-state index contributed by atoms with van der Waals surface area (Å²) in [6.45, 7) is 0. The van der Waals surface area contributed by atoms with Crippen LogP contribution in [0.25, 0.3) is 11.1 Å². The fourth-order valence-electron chi connectivity index (χ4n) is 1.53. The van der Waals surface area contributed by atoms with Crippen molar-refractivity contribution < 1.29 is 14.3 Å². The van der Waals surface area contributed by atoms with Crippen molar-refractivity contribution in [3.05, 3.63) is 59.9 Å². The first-order valence-electron chi connectivity index (χ1n) is 4.69. The number of aromatic carboxylic acids is 1. The van der Waals surface area contributed by atoms with Crippen LogP contribution in [-0.4, -0.2) is 11.1 Å². The highest BCUT2D eigenvalue weighted by Gasteiger charge is 2.15. The maximum atomic E-state index is 13.6. The molecule has 0 spiro atoms. The van der Waals surface area contributed by atoms with Crippen LogP contribution in [0.5, 0.6) is 0 Å². The van der Waals surface area contributed by atoms with Gasteiger partial charge < -0.3 is 5.11 Å². The maximum absolute atomic E-state index is 13.6. The molecule has 0 amide bonds. The molecule has 0 fully saturated rings. The van der Waals surface area contributed by atoms with Crippen molar-refractivity contribution in [3.63, 3.8) is 0 Å². The molecule has 79 valence electrons. The van der Waals surface area contributed by atoms with Crippen molar-refractivity contribution in [3.8, 4) is 11.1 Å². The Kier molecular flexibility index (Phi) is 2.68. The minimum atomic E-state index is -1.18. The molecule has 0 unspecified atom stereocenters. The molecule has 2 rings (SSSR count). The quantitative estimate of drug-likeness (QED) is 0.836. The van der Waals surface area contributed by atoms with E-state index >= 15 is 0 Å². The summed E-state index contributed by atoms with van der Waals surface area (Å²) in [4.78, 5) is 10.9. The second kappa shape index (κ2) is 4.14. The standard InChI is InChI=1S/C13H8FO2/c14-11-8-4-7-10(13(15)16)12(11)9-5-2-1-3-6-9/h1-6,8H,(H,15,16). The van der Waals surface area contributed by atoms with Crippen LogP contribution in [0.1, 0.15) is 10.4 Å². The van der Waals surface area contributed by atoms with Gasteiger partial charge in [0.15, 0.2) is 0 Å². The van der Waals surface area contributed by atoms with Crippen LogP contribution in [0.4, 0.5) is 4.39 Å². The Labute approximate surface area is 92.0 Å².